The summed E-state index contributed by atoms with van der Waals surface area (Å²) >= 11 is 0. The van der Waals surface area contributed by atoms with Crippen molar-refractivity contribution in [3.63, 3.8) is 0 Å². The van der Waals surface area contributed by atoms with Gasteiger partial charge in [-0.15, -0.1) is 0 Å². The van der Waals surface area contributed by atoms with Crippen LogP contribution in [0, 0.1) is 0 Å². The number of quaternary nitrogens is 1. The third kappa shape index (κ3) is 31.1. The van der Waals surface area contributed by atoms with Crippen LogP contribution in [-0.2, 0) is 18.4 Å². The van der Waals surface area contributed by atoms with Gasteiger partial charge in [0.25, 0.3) is 7.82 Å². The smallest absolute Gasteiger partial charge is 0.268 e. The van der Waals surface area contributed by atoms with Gasteiger partial charge in [-0.05, 0) is 64.2 Å². The molecule has 2 N–H and O–H groups in total. The lowest BCUT2D eigenvalue weighted by Crippen LogP contribution is -2.45. The van der Waals surface area contributed by atoms with E-state index in [4.69, 9.17) is 9.05 Å². The molecule has 0 aromatic heterocycles. The van der Waals surface area contributed by atoms with Crippen LogP contribution in [0.4, 0.5) is 0 Å². The van der Waals surface area contributed by atoms with E-state index in [1.165, 1.54) is 44.9 Å². The van der Waals surface area contributed by atoms with Gasteiger partial charge in [-0.3, -0.25) is 9.36 Å². The SMILES string of the molecule is CCCCC/C=C/C/C=C/CCCCCCCC(=O)N[C@@H](COP(=O)([O-])OCC[N+](C)(C)C)[C@H](O)/C=C/CC/C=C/CCCCC. The zero-order valence-electron chi connectivity index (χ0n) is 30.0. The number of aliphatic hydroxyl groups is 1. The molecule has 0 aromatic rings. The molecule has 0 saturated carbocycles. The Morgan fingerprint density at radius 1 is 0.761 bits per heavy atom. The molecule has 0 rings (SSSR count). The molecule has 268 valence electrons. The molecule has 9 heteroatoms. The summed E-state index contributed by atoms with van der Waals surface area (Å²) in [7, 11) is 1.22. The maximum Gasteiger partial charge on any atom is 0.268 e. The molecular formula is C37H69N2O6P. The molecule has 1 unspecified atom stereocenters. The van der Waals surface area contributed by atoms with Crippen molar-refractivity contribution in [2.75, 3.05) is 40.9 Å². The van der Waals surface area contributed by atoms with Crippen LogP contribution in [0.5, 0.6) is 0 Å². The van der Waals surface area contributed by atoms with Crippen LogP contribution in [0.15, 0.2) is 48.6 Å². The lowest BCUT2D eigenvalue weighted by Gasteiger charge is -2.29. The number of likely N-dealkylation sites (N-methyl/N-ethyl adjacent to an activating group) is 1. The Balaban J connectivity index is 4.59. The summed E-state index contributed by atoms with van der Waals surface area (Å²) in [6, 6.07) is -0.907. The number of allylic oxidation sites excluding steroid dienone is 7. The first-order valence-electron chi connectivity index (χ1n) is 18.0. The van der Waals surface area contributed by atoms with Gasteiger partial charge >= 0.3 is 0 Å². The van der Waals surface area contributed by atoms with E-state index >= 15 is 0 Å². The number of hydrogen-bond acceptors (Lipinski definition) is 6. The fourth-order valence-corrected chi connectivity index (χ4v) is 5.27. The topological polar surface area (TPSA) is 108 Å². The van der Waals surface area contributed by atoms with Crippen LogP contribution >= 0.6 is 7.82 Å². The number of nitrogens with one attached hydrogen (secondary N) is 1. The van der Waals surface area contributed by atoms with Gasteiger partial charge in [0, 0.05) is 6.42 Å². The maximum absolute atomic E-state index is 12.7. The van der Waals surface area contributed by atoms with Gasteiger partial charge in [-0.25, -0.2) is 0 Å². The predicted octanol–water partition coefficient (Wildman–Crippen LogP) is 8.33. The van der Waals surface area contributed by atoms with Gasteiger partial charge in [0.2, 0.25) is 5.91 Å². The Morgan fingerprint density at radius 3 is 1.89 bits per heavy atom. The number of amides is 1. The monoisotopic (exact) mass is 668 g/mol. The van der Waals surface area contributed by atoms with Crippen molar-refractivity contribution in [2.24, 2.45) is 0 Å². The number of nitrogens with zero attached hydrogens (tertiary/aromatic N) is 1. The molecule has 0 fully saturated rings. The number of rotatable bonds is 31. The lowest BCUT2D eigenvalue weighted by atomic mass is 10.1. The van der Waals surface area contributed by atoms with E-state index in [1.807, 2.05) is 27.2 Å². The van der Waals surface area contributed by atoms with Crippen LogP contribution in [0.3, 0.4) is 0 Å². The second-order valence-corrected chi connectivity index (χ2v) is 14.6. The molecule has 0 bridgehead atoms. The van der Waals surface area contributed by atoms with Crippen molar-refractivity contribution in [2.45, 2.75) is 142 Å². The fraction of sp³-hybridized carbons (Fsp3) is 0.757. The van der Waals surface area contributed by atoms with E-state index in [2.05, 4.69) is 55.6 Å². The van der Waals surface area contributed by atoms with Crippen LogP contribution < -0.4 is 10.2 Å². The summed E-state index contributed by atoms with van der Waals surface area (Å²) in [4.78, 5) is 25.0. The number of hydrogen-bond donors (Lipinski definition) is 2. The maximum atomic E-state index is 12.7. The van der Waals surface area contributed by atoms with Crippen molar-refractivity contribution in [3.05, 3.63) is 48.6 Å². The molecule has 0 saturated heterocycles. The zero-order valence-corrected chi connectivity index (χ0v) is 30.9. The Labute approximate surface area is 282 Å². The molecule has 1 amide bonds. The number of carbonyl (C=O) groups is 1. The first-order chi connectivity index (χ1) is 22.0. The van der Waals surface area contributed by atoms with Crippen molar-refractivity contribution in [3.8, 4) is 0 Å². The second-order valence-electron chi connectivity index (χ2n) is 13.2. The summed E-state index contributed by atoms with van der Waals surface area (Å²) in [6.07, 6.45) is 34.5. The molecule has 3 atom stereocenters. The van der Waals surface area contributed by atoms with Gasteiger partial charge in [0.15, 0.2) is 0 Å². The van der Waals surface area contributed by atoms with Gasteiger partial charge in [0.1, 0.15) is 13.2 Å². The van der Waals surface area contributed by atoms with Crippen LogP contribution in [0.2, 0.25) is 0 Å². The Hall–Kier alpha value is -1.54. The molecule has 0 radical (unpaired) electrons. The van der Waals surface area contributed by atoms with E-state index in [-0.39, 0.29) is 12.5 Å². The predicted molar refractivity (Wildman–Crippen MR) is 191 cm³/mol. The van der Waals surface area contributed by atoms with Crippen molar-refractivity contribution in [1.29, 1.82) is 0 Å². The summed E-state index contributed by atoms with van der Waals surface area (Å²) in [5.74, 6) is -0.228. The normalized spacial score (nSPS) is 15.4. The first-order valence-corrected chi connectivity index (χ1v) is 19.5. The Bertz CT molecular complexity index is 897. The van der Waals surface area contributed by atoms with Gasteiger partial charge in [0.05, 0.1) is 39.9 Å². The van der Waals surface area contributed by atoms with Crippen LogP contribution in [-0.4, -0.2) is 68.5 Å². The number of phosphoric ester groups is 1. The quantitative estimate of drug-likeness (QED) is 0.0333. The van der Waals surface area contributed by atoms with Gasteiger partial charge in [-0.2, -0.15) is 0 Å². The lowest BCUT2D eigenvalue weighted by molar-refractivity contribution is -0.870. The second kappa shape index (κ2) is 29.6. The summed E-state index contributed by atoms with van der Waals surface area (Å²) in [6.45, 7) is 4.49. The summed E-state index contributed by atoms with van der Waals surface area (Å²) in [5, 5.41) is 13.6. The number of aliphatic hydroxyl groups excluding tert-OH is 1. The molecule has 0 aliphatic carbocycles. The minimum atomic E-state index is -4.59. The number of carbonyl (C=O) groups excluding carboxylic acids is 1. The van der Waals surface area contributed by atoms with Crippen LogP contribution in [0.25, 0.3) is 0 Å². The molecule has 0 heterocycles. The standard InChI is InChI=1S/C37H69N2O6P/c1-6-8-10-12-14-16-17-18-19-20-21-23-25-27-29-31-37(41)38-35(34-45-46(42,43)44-33-32-39(3,4)5)36(40)30-28-26-24-22-15-13-11-9-7-2/h14-16,18-19,22,28,30,35-36,40H,6-13,17,20-21,23-27,29,31-34H2,1-5H3,(H-,38,41,42,43)/b16-14+,19-18+,22-15+,30-28+/t35-,36+/m0/s1. The molecule has 0 aliphatic rings. The highest BCUT2D eigenvalue weighted by Gasteiger charge is 2.23. The Kier molecular flexibility index (Phi) is 28.6. The summed E-state index contributed by atoms with van der Waals surface area (Å²) < 4.78 is 23.0. The molecule has 0 aromatic carbocycles. The van der Waals surface area contributed by atoms with E-state index in [1.54, 1.807) is 6.08 Å². The van der Waals surface area contributed by atoms with Crippen molar-refractivity contribution >= 4 is 13.7 Å². The minimum Gasteiger partial charge on any atom is -0.756 e. The zero-order chi connectivity index (χ0) is 34.4. The molecule has 8 nitrogen and oxygen atoms in total. The first kappa shape index (κ1) is 44.5. The van der Waals surface area contributed by atoms with E-state index in [9.17, 15) is 19.4 Å². The van der Waals surface area contributed by atoms with E-state index in [0.29, 0.717) is 17.4 Å². The van der Waals surface area contributed by atoms with E-state index < -0.39 is 26.6 Å². The third-order valence-electron chi connectivity index (χ3n) is 7.51. The molecule has 46 heavy (non-hydrogen) atoms. The average Bonchev–Trinajstić information content (AvgIpc) is 2.99. The molecule has 0 aliphatic heterocycles. The van der Waals surface area contributed by atoms with Crippen LogP contribution in [0.1, 0.15) is 129 Å². The number of phosphoric acid groups is 1. The van der Waals surface area contributed by atoms with Crippen molar-refractivity contribution < 1.29 is 32.9 Å². The minimum absolute atomic E-state index is 0.0114. The highest BCUT2D eigenvalue weighted by Crippen LogP contribution is 2.38. The highest BCUT2D eigenvalue weighted by atomic mass is 31.2. The third-order valence-corrected chi connectivity index (χ3v) is 8.48. The Morgan fingerprint density at radius 2 is 1.28 bits per heavy atom. The molecule has 0 spiro atoms. The molecular weight excluding hydrogens is 599 g/mol. The van der Waals surface area contributed by atoms with E-state index in [0.717, 1.165) is 64.2 Å². The largest absolute Gasteiger partial charge is 0.756 e. The van der Waals surface area contributed by atoms with Gasteiger partial charge in [-0.1, -0.05) is 107 Å². The number of unbranched alkanes of at least 4 members (excludes halogenated alkanes) is 12. The fourth-order valence-electron chi connectivity index (χ4n) is 4.55. The highest BCUT2D eigenvalue weighted by molar-refractivity contribution is 7.45. The summed E-state index contributed by atoms with van der Waals surface area (Å²) in [5.41, 5.74) is 0. The van der Waals surface area contributed by atoms with Gasteiger partial charge < -0.3 is 28.8 Å². The average molecular weight is 669 g/mol. The van der Waals surface area contributed by atoms with Crippen molar-refractivity contribution in [1.82, 2.24) is 5.32 Å².